The molecule has 0 aromatic rings. The predicted molar refractivity (Wildman–Crippen MR) is 70.6 cm³/mol. The summed E-state index contributed by atoms with van der Waals surface area (Å²) < 4.78 is 11.2. The summed E-state index contributed by atoms with van der Waals surface area (Å²) in [5.41, 5.74) is 0. The van der Waals surface area contributed by atoms with Gasteiger partial charge in [0.25, 0.3) is 7.73 Å². The van der Waals surface area contributed by atoms with Gasteiger partial charge in [0, 0.05) is 0 Å². The first-order valence-corrected chi connectivity index (χ1v) is 8.38. The van der Waals surface area contributed by atoms with Crippen LogP contribution in [-0.4, -0.2) is 12.7 Å². The zero-order valence-corrected chi connectivity index (χ0v) is 12.4. The Balaban J connectivity index is 2.50. The van der Waals surface area contributed by atoms with Crippen molar-refractivity contribution in [2.24, 2.45) is 17.8 Å². The molecule has 0 saturated heterocycles. The maximum absolute atomic E-state index is 6.05. The van der Waals surface area contributed by atoms with Crippen LogP contribution < -0.4 is 0 Å². The molecular weight excluding hydrogens is 243 g/mol. The maximum atomic E-state index is 6.05. The monoisotopic (exact) mass is 266 g/mol. The van der Waals surface area contributed by atoms with E-state index >= 15 is 0 Å². The van der Waals surface area contributed by atoms with Crippen molar-refractivity contribution in [3.63, 3.8) is 0 Å². The molecule has 16 heavy (non-hydrogen) atoms. The van der Waals surface area contributed by atoms with Gasteiger partial charge in [0.15, 0.2) is 0 Å². The largest absolute Gasteiger partial charge is 0.322 e. The Morgan fingerprint density at radius 3 is 2.62 bits per heavy atom. The van der Waals surface area contributed by atoms with Crippen molar-refractivity contribution in [1.29, 1.82) is 0 Å². The van der Waals surface area contributed by atoms with E-state index in [4.69, 9.17) is 20.3 Å². The van der Waals surface area contributed by atoms with Gasteiger partial charge < -0.3 is 9.05 Å². The molecule has 0 spiro atoms. The van der Waals surface area contributed by atoms with Crippen molar-refractivity contribution in [2.75, 3.05) is 6.61 Å². The predicted octanol–water partition coefficient (Wildman–Crippen LogP) is 4.97. The van der Waals surface area contributed by atoms with Crippen LogP contribution in [0.2, 0.25) is 0 Å². The highest BCUT2D eigenvalue weighted by atomic mass is 35.7. The van der Waals surface area contributed by atoms with Gasteiger partial charge in [-0.2, -0.15) is 0 Å². The fourth-order valence-corrected chi connectivity index (χ4v) is 3.79. The highest BCUT2D eigenvalue weighted by Gasteiger charge is 2.33. The van der Waals surface area contributed by atoms with Gasteiger partial charge in [-0.05, 0) is 48.8 Å². The third kappa shape index (κ3) is 4.49. The quantitative estimate of drug-likeness (QED) is 0.655. The third-order valence-corrected chi connectivity index (χ3v) is 4.84. The molecule has 4 heteroatoms. The highest BCUT2D eigenvalue weighted by Crippen LogP contribution is 2.49. The van der Waals surface area contributed by atoms with Crippen LogP contribution in [0.4, 0.5) is 0 Å². The fourth-order valence-electron chi connectivity index (χ4n) is 2.47. The van der Waals surface area contributed by atoms with Crippen molar-refractivity contribution >= 4 is 19.0 Å². The van der Waals surface area contributed by atoms with E-state index in [1.807, 2.05) is 6.92 Å². The van der Waals surface area contributed by atoms with Crippen molar-refractivity contribution in [3.8, 4) is 0 Å². The van der Waals surface area contributed by atoms with Crippen LogP contribution in [0, 0.1) is 17.8 Å². The van der Waals surface area contributed by atoms with E-state index in [2.05, 4.69) is 20.8 Å². The summed E-state index contributed by atoms with van der Waals surface area (Å²) in [4.78, 5) is 0. The van der Waals surface area contributed by atoms with Gasteiger partial charge in [0.1, 0.15) is 0 Å². The molecule has 0 aromatic carbocycles. The summed E-state index contributed by atoms with van der Waals surface area (Å²) in [5.74, 6) is 2.06. The van der Waals surface area contributed by atoms with Gasteiger partial charge in [0.2, 0.25) is 0 Å². The molecule has 0 amide bonds. The minimum absolute atomic E-state index is 0.291. The van der Waals surface area contributed by atoms with Crippen LogP contribution in [0.15, 0.2) is 0 Å². The average molecular weight is 267 g/mol. The summed E-state index contributed by atoms with van der Waals surface area (Å²) in [7, 11) is -1.20. The zero-order chi connectivity index (χ0) is 12.1. The summed E-state index contributed by atoms with van der Waals surface area (Å²) >= 11 is 6.05. The molecule has 0 heterocycles. The van der Waals surface area contributed by atoms with Crippen LogP contribution in [0.3, 0.4) is 0 Å². The van der Waals surface area contributed by atoms with Crippen molar-refractivity contribution in [3.05, 3.63) is 0 Å². The second kappa shape index (κ2) is 7.16. The van der Waals surface area contributed by atoms with E-state index in [9.17, 15) is 0 Å². The standard InChI is InChI=1S/C12H24ClO2P/c1-5-14-16(13)15-12-8-10(4)6-7-11(12)9(2)3/h9-12H,5-8H2,1-4H3/t10-,11+,12-,16?/m0/s1. The second-order valence-corrected chi connectivity index (χ2v) is 6.82. The van der Waals surface area contributed by atoms with Crippen LogP contribution in [-0.2, 0) is 9.05 Å². The number of halogens is 1. The van der Waals surface area contributed by atoms with Gasteiger partial charge in [-0.3, -0.25) is 0 Å². The van der Waals surface area contributed by atoms with Gasteiger partial charge in [-0.25, -0.2) is 0 Å². The molecule has 0 bridgehead atoms. The molecule has 1 unspecified atom stereocenters. The van der Waals surface area contributed by atoms with Gasteiger partial charge >= 0.3 is 0 Å². The first-order valence-electron chi connectivity index (χ1n) is 6.30. The van der Waals surface area contributed by atoms with Crippen LogP contribution in [0.1, 0.15) is 47.0 Å². The van der Waals surface area contributed by atoms with Crippen LogP contribution in [0.5, 0.6) is 0 Å². The maximum Gasteiger partial charge on any atom is 0.277 e. The molecule has 2 nitrogen and oxygen atoms in total. The summed E-state index contributed by atoms with van der Waals surface area (Å²) in [6.07, 6.45) is 3.99. The lowest BCUT2D eigenvalue weighted by Gasteiger charge is -2.37. The van der Waals surface area contributed by atoms with Gasteiger partial charge in [-0.15, -0.1) is 0 Å². The highest BCUT2D eigenvalue weighted by molar-refractivity contribution is 7.76. The van der Waals surface area contributed by atoms with E-state index in [0.717, 1.165) is 12.3 Å². The van der Waals surface area contributed by atoms with E-state index in [1.165, 1.54) is 12.8 Å². The lowest BCUT2D eigenvalue weighted by Crippen LogP contribution is -2.33. The molecule has 0 aromatic heterocycles. The molecule has 0 radical (unpaired) electrons. The van der Waals surface area contributed by atoms with E-state index in [1.54, 1.807) is 0 Å². The lowest BCUT2D eigenvalue weighted by molar-refractivity contribution is 0.0465. The summed E-state index contributed by atoms with van der Waals surface area (Å²) in [5, 5.41) is 0. The van der Waals surface area contributed by atoms with E-state index in [0.29, 0.717) is 24.5 Å². The first-order chi connectivity index (χ1) is 7.54. The molecule has 4 atom stereocenters. The minimum atomic E-state index is -1.20. The normalized spacial score (nSPS) is 33.0. The Hall–Kier alpha value is 0.640. The Kier molecular flexibility index (Phi) is 6.58. The summed E-state index contributed by atoms with van der Waals surface area (Å²) in [6, 6.07) is 0. The number of hydrogen-bond acceptors (Lipinski definition) is 2. The van der Waals surface area contributed by atoms with E-state index < -0.39 is 7.73 Å². The molecule has 96 valence electrons. The molecule has 0 aliphatic heterocycles. The Labute approximate surface area is 106 Å². The topological polar surface area (TPSA) is 18.5 Å². The Bertz CT molecular complexity index is 201. The molecule has 1 rings (SSSR count). The molecule has 1 saturated carbocycles. The molecular formula is C12H24ClO2P. The smallest absolute Gasteiger partial charge is 0.277 e. The summed E-state index contributed by atoms with van der Waals surface area (Å²) in [6.45, 7) is 9.42. The average Bonchev–Trinajstić information content (AvgIpc) is 2.17. The second-order valence-electron chi connectivity index (χ2n) is 5.10. The molecule has 0 N–H and O–H groups in total. The van der Waals surface area contributed by atoms with E-state index in [-0.39, 0.29) is 0 Å². The fraction of sp³-hybridized carbons (Fsp3) is 1.00. The first kappa shape index (κ1) is 14.7. The minimum Gasteiger partial charge on any atom is -0.322 e. The third-order valence-electron chi connectivity index (χ3n) is 3.41. The van der Waals surface area contributed by atoms with Crippen LogP contribution >= 0.6 is 19.0 Å². The van der Waals surface area contributed by atoms with Crippen molar-refractivity contribution in [1.82, 2.24) is 0 Å². The Morgan fingerprint density at radius 2 is 2.06 bits per heavy atom. The zero-order valence-electron chi connectivity index (χ0n) is 10.8. The lowest BCUT2D eigenvalue weighted by atomic mass is 9.75. The van der Waals surface area contributed by atoms with Gasteiger partial charge in [-0.1, -0.05) is 27.2 Å². The molecule has 1 aliphatic rings. The Morgan fingerprint density at radius 1 is 1.38 bits per heavy atom. The number of hydrogen-bond donors (Lipinski definition) is 0. The molecule has 1 fully saturated rings. The van der Waals surface area contributed by atoms with Crippen LogP contribution in [0.25, 0.3) is 0 Å². The van der Waals surface area contributed by atoms with Crippen molar-refractivity contribution < 1.29 is 9.05 Å². The van der Waals surface area contributed by atoms with Crippen molar-refractivity contribution in [2.45, 2.75) is 53.1 Å². The number of rotatable bonds is 5. The SMILES string of the molecule is CCOP(Cl)O[C@H]1C[C@@H](C)CC[C@@H]1C(C)C. The molecule has 1 aliphatic carbocycles. The van der Waals surface area contributed by atoms with Gasteiger partial charge in [0.05, 0.1) is 12.7 Å².